The lowest BCUT2D eigenvalue weighted by Gasteiger charge is -2.11. The number of aromatic nitrogens is 3. The van der Waals surface area contributed by atoms with Gasteiger partial charge in [0.25, 0.3) is 5.91 Å². The van der Waals surface area contributed by atoms with Crippen molar-refractivity contribution >= 4 is 5.91 Å². The number of amides is 1. The van der Waals surface area contributed by atoms with Gasteiger partial charge in [0.1, 0.15) is 5.82 Å². The van der Waals surface area contributed by atoms with E-state index in [0.717, 1.165) is 0 Å². The van der Waals surface area contributed by atoms with Crippen molar-refractivity contribution in [1.29, 1.82) is 5.26 Å². The number of nitrogens with one attached hydrogen (secondary N) is 1. The van der Waals surface area contributed by atoms with Gasteiger partial charge in [-0.1, -0.05) is 6.07 Å². The monoisotopic (exact) mass is 319 g/mol. The van der Waals surface area contributed by atoms with Crippen molar-refractivity contribution in [1.82, 2.24) is 20.1 Å². The standard InChI is InChI=1S/C17H10FN5O/c18-11-4-1-3-10(8-19)15(11)12-7-14(23-6-2-5-21-23)16-13(22-12)9-20-17(16)24/h1-7H,9H2,(H,20,24). The van der Waals surface area contributed by atoms with Crippen LogP contribution in [0.4, 0.5) is 4.39 Å². The second-order valence-corrected chi connectivity index (χ2v) is 5.26. The summed E-state index contributed by atoms with van der Waals surface area (Å²) in [5, 5.41) is 16.1. The smallest absolute Gasteiger partial charge is 0.255 e. The summed E-state index contributed by atoms with van der Waals surface area (Å²) in [7, 11) is 0. The van der Waals surface area contributed by atoms with Crippen LogP contribution in [0.15, 0.2) is 42.7 Å². The average molecular weight is 319 g/mol. The Bertz CT molecular complexity index is 1000. The van der Waals surface area contributed by atoms with Crippen LogP contribution in [0.5, 0.6) is 0 Å². The van der Waals surface area contributed by atoms with Gasteiger partial charge in [-0.3, -0.25) is 4.79 Å². The number of halogens is 1. The molecule has 0 spiro atoms. The topological polar surface area (TPSA) is 83.6 Å². The molecule has 2 aromatic heterocycles. The highest BCUT2D eigenvalue weighted by atomic mass is 19.1. The van der Waals surface area contributed by atoms with Gasteiger partial charge in [-0.2, -0.15) is 10.4 Å². The first-order valence-electron chi connectivity index (χ1n) is 7.20. The fraction of sp³-hybridized carbons (Fsp3) is 0.0588. The van der Waals surface area contributed by atoms with E-state index >= 15 is 0 Å². The average Bonchev–Trinajstić information content (AvgIpc) is 3.24. The highest BCUT2D eigenvalue weighted by molar-refractivity contribution is 6.01. The molecule has 0 saturated heterocycles. The molecule has 1 aromatic carbocycles. The lowest BCUT2D eigenvalue weighted by Crippen LogP contribution is -2.14. The summed E-state index contributed by atoms with van der Waals surface area (Å²) in [6.07, 6.45) is 3.28. The summed E-state index contributed by atoms with van der Waals surface area (Å²) in [5.41, 5.74) is 2.03. The Morgan fingerprint density at radius 2 is 2.17 bits per heavy atom. The van der Waals surface area contributed by atoms with Gasteiger partial charge < -0.3 is 5.32 Å². The summed E-state index contributed by atoms with van der Waals surface area (Å²) in [6, 6.07) is 9.57. The van der Waals surface area contributed by atoms with Gasteiger partial charge in [0.05, 0.1) is 46.4 Å². The molecule has 0 atom stereocenters. The fourth-order valence-electron chi connectivity index (χ4n) is 2.81. The van der Waals surface area contributed by atoms with Crippen LogP contribution in [0.3, 0.4) is 0 Å². The maximum atomic E-state index is 14.3. The minimum atomic E-state index is -0.537. The van der Waals surface area contributed by atoms with Crippen molar-refractivity contribution in [3.63, 3.8) is 0 Å². The number of nitriles is 1. The van der Waals surface area contributed by atoms with Crippen molar-refractivity contribution in [3.05, 3.63) is 65.4 Å². The quantitative estimate of drug-likeness (QED) is 0.785. The summed E-state index contributed by atoms with van der Waals surface area (Å²) in [5.74, 6) is -0.784. The number of hydrogen-bond donors (Lipinski definition) is 1. The van der Waals surface area contributed by atoms with E-state index < -0.39 is 5.82 Å². The molecule has 0 radical (unpaired) electrons. The summed E-state index contributed by atoms with van der Waals surface area (Å²) < 4.78 is 15.9. The van der Waals surface area contributed by atoms with Crippen LogP contribution in [-0.4, -0.2) is 20.7 Å². The zero-order valence-corrected chi connectivity index (χ0v) is 12.3. The van der Waals surface area contributed by atoms with Gasteiger partial charge in [-0.05, 0) is 24.3 Å². The number of carbonyl (C=O) groups excluding carboxylic acids is 1. The predicted molar refractivity (Wildman–Crippen MR) is 82.6 cm³/mol. The molecule has 1 amide bonds. The third-order valence-electron chi connectivity index (χ3n) is 3.86. The molecular weight excluding hydrogens is 309 g/mol. The Morgan fingerprint density at radius 1 is 1.29 bits per heavy atom. The Morgan fingerprint density at radius 3 is 2.92 bits per heavy atom. The molecule has 1 aliphatic heterocycles. The van der Waals surface area contributed by atoms with Gasteiger partial charge in [0.15, 0.2) is 0 Å². The Labute approximate surface area is 136 Å². The second-order valence-electron chi connectivity index (χ2n) is 5.26. The number of rotatable bonds is 2. The third-order valence-corrected chi connectivity index (χ3v) is 3.86. The molecule has 6 nitrogen and oxygen atoms in total. The number of hydrogen-bond acceptors (Lipinski definition) is 4. The van der Waals surface area contributed by atoms with Crippen LogP contribution in [0, 0.1) is 17.1 Å². The minimum absolute atomic E-state index is 0.121. The number of fused-ring (bicyclic) bond motifs is 1. The van der Waals surface area contributed by atoms with Gasteiger partial charge in [-0.15, -0.1) is 0 Å². The maximum absolute atomic E-state index is 14.3. The van der Waals surface area contributed by atoms with Crippen LogP contribution < -0.4 is 5.32 Å². The first-order valence-corrected chi connectivity index (χ1v) is 7.20. The summed E-state index contributed by atoms with van der Waals surface area (Å²) in [6.45, 7) is 0.257. The maximum Gasteiger partial charge on any atom is 0.255 e. The van der Waals surface area contributed by atoms with Crippen molar-refractivity contribution in [2.24, 2.45) is 0 Å². The Balaban J connectivity index is 2.02. The molecule has 0 fully saturated rings. The summed E-state index contributed by atoms with van der Waals surface area (Å²) >= 11 is 0. The van der Waals surface area contributed by atoms with Gasteiger partial charge in [0, 0.05) is 12.4 Å². The number of pyridine rings is 1. The molecule has 3 aromatic rings. The van der Waals surface area contributed by atoms with Crippen molar-refractivity contribution < 1.29 is 9.18 Å². The van der Waals surface area contributed by atoms with Crippen LogP contribution in [0.1, 0.15) is 21.6 Å². The largest absolute Gasteiger partial charge is 0.346 e. The lowest BCUT2D eigenvalue weighted by atomic mass is 10.0. The van der Waals surface area contributed by atoms with Crippen molar-refractivity contribution in [2.45, 2.75) is 6.54 Å². The molecule has 0 unspecified atom stereocenters. The first kappa shape index (κ1) is 14.1. The van der Waals surface area contributed by atoms with E-state index in [0.29, 0.717) is 22.6 Å². The first-order chi connectivity index (χ1) is 11.7. The van der Waals surface area contributed by atoms with Gasteiger partial charge in [-0.25, -0.2) is 14.1 Å². The molecular formula is C17H10FN5O. The predicted octanol–water partition coefficient (Wildman–Crippen LogP) is 2.19. The van der Waals surface area contributed by atoms with E-state index in [9.17, 15) is 14.4 Å². The number of nitrogens with zero attached hydrogens (tertiary/aromatic N) is 4. The van der Waals surface area contributed by atoms with Gasteiger partial charge >= 0.3 is 0 Å². The SMILES string of the molecule is N#Cc1cccc(F)c1-c1cc(-n2cccn2)c2c(n1)CNC2=O. The third kappa shape index (κ3) is 2.05. The van der Waals surface area contributed by atoms with Crippen LogP contribution in [-0.2, 0) is 6.54 Å². The van der Waals surface area contributed by atoms with E-state index in [4.69, 9.17) is 0 Å². The van der Waals surface area contributed by atoms with Crippen LogP contribution >= 0.6 is 0 Å². The van der Waals surface area contributed by atoms with Crippen molar-refractivity contribution in [3.8, 4) is 23.0 Å². The lowest BCUT2D eigenvalue weighted by molar-refractivity contribution is 0.0965. The highest BCUT2D eigenvalue weighted by Gasteiger charge is 2.27. The Hall–Kier alpha value is -3.53. The molecule has 116 valence electrons. The van der Waals surface area contributed by atoms with Gasteiger partial charge in [0.2, 0.25) is 0 Å². The van der Waals surface area contributed by atoms with E-state index in [2.05, 4.69) is 15.4 Å². The zero-order valence-electron chi connectivity index (χ0n) is 12.3. The van der Waals surface area contributed by atoms with E-state index in [-0.39, 0.29) is 23.6 Å². The van der Waals surface area contributed by atoms with Crippen molar-refractivity contribution in [2.75, 3.05) is 0 Å². The Kier molecular flexibility index (Phi) is 3.10. The molecule has 3 heterocycles. The molecule has 4 rings (SSSR count). The fourth-order valence-corrected chi connectivity index (χ4v) is 2.81. The highest BCUT2D eigenvalue weighted by Crippen LogP contribution is 2.31. The van der Waals surface area contributed by atoms with Crippen LogP contribution in [0.25, 0.3) is 16.9 Å². The minimum Gasteiger partial charge on any atom is -0.346 e. The van der Waals surface area contributed by atoms with Crippen LogP contribution in [0.2, 0.25) is 0 Å². The molecule has 7 heteroatoms. The van der Waals surface area contributed by atoms with E-state index in [1.54, 1.807) is 24.5 Å². The zero-order chi connectivity index (χ0) is 16.7. The number of benzene rings is 1. The van der Waals surface area contributed by atoms with E-state index in [1.165, 1.54) is 22.9 Å². The molecule has 1 aliphatic rings. The molecule has 0 bridgehead atoms. The summed E-state index contributed by atoms with van der Waals surface area (Å²) in [4.78, 5) is 16.5. The molecule has 24 heavy (non-hydrogen) atoms. The molecule has 0 saturated carbocycles. The van der Waals surface area contributed by atoms with E-state index in [1.807, 2.05) is 6.07 Å². The molecule has 0 aliphatic carbocycles. The normalized spacial score (nSPS) is 12.6. The second kappa shape index (κ2) is 5.28. The molecule has 1 N–H and O–H groups in total. The number of carbonyl (C=O) groups is 1.